The molecule has 8 heteroatoms. The highest BCUT2D eigenvalue weighted by Crippen LogP contribution is 2.26. The van der Waals surface area contributed by atoms with Crippen molar-refractivity contribution in [2.24, 2.45) is 0 Å². The first kappa shape index (κ1) is 17.0. The Morgan fingerprint density at radius 2 is 1.63 bits per heavy atom. The van der Waals surface area contributed by atoms with E-state index in [9.17, 15) is 14.4 Å². The van der Waals surface area contributed by atoms with Gasteiger partial charge in [0.05, 0.1) is 11.1 Å². The number of nitrogens with zero attached hydrogens (tertiary/aromatic N) is 3. The van der Waals surface area contributed by atoms with Crippen LogP contribution in [0.1, 0.15) is 26.3 Å². The van der Waals surface area contributed by atoms with Crippen LogP contribution in [-0.2, 0) is 11.2 Å². The lowest BCUT2D eigenvalue weighted by molar-refractivity contribution is -0.119. The van der Waals surface area contributed by atoms with E-state index in [2.05, 4.69) is 15.5 Å². The van der Waals surface area contributed by atoms with E-state index in [-0.39, 0.29) is 6.42 Å². The molecule has 0 unspecified atom stereocenters. The Hall–Kier alpha value is -3.39. The third kappa shape index (κ3) is 3.22. The summed E-state index contributed by atoms with van der Waals surface area (Å²) in [4.78, 5) is 39.7. The van der Waals surface area contributed by atoms with Gasteiger partial charge >= 0.3 is 0 Å². The van der Waals surface area contributed by atoms with Gasteiger partial charge in [0.25, 0.3) is 11.8 Å². The summed E-state index contributed by atoms with van der Waals surface area (Å²) in [6.07, 6.45) is 0.205. The van der Waals surface area contributed by atoms with E-state index in [0.29, 0.717) is 16.3 Å². The molecule has 1 N–H and O–H groups in total. The van der Waals surface area contributed by atoms with E-state index in [1.807, 2.05) is 30.3 Å². The number of carbonyl (C=O) groups excluding carboxylic acids is 3. The van der Waals surface area contributed by atoms with Crippen molar-refractivity contribution >= 4 is 34.2 Å². The third-order valence-corrected chi connectivity index (χ3v) is 4.91. The van der Waals surface area contributed by atoms with Crippen molar-refractivity contribution in [2.75, 3.05) is 5.32 Å². The van der Waals surface area contributed by atoms with Crippen molar-refractivity contribution in [1.29, 1.82) is 0 Å². The second kappa shape index (κ2) is 7.08. The van der Waals surface area contributed by atoms with Crippen molar-refractivity contribution in [3.8, 4) is 0 Å². The Kier molecular flexibility index (Phi) is 4.47. The van der Waals surface area contributed by atoms with Gasteiger partial charge in [-0.15, -0.1) is 10.2 Å². The number of hydrogen-bond donors (Lipinski definition) is 1. The number of nitrogens with one attached hydrogen (secondary N) is 1. The lowest BCUT2D eigenvalue weighted by Gasteiger charge is -2.25. The average molecular weight is 378 g/mol. The standard InChI is InChI=1S/C19H14N4O3S/c24-16(21-19-22-20-11-27-19)15(10-12-6-2-1-3-7-12)23-17(25)13-8-4-5-9-14(13)18(23)26/h1-9,11,15H,10H2,(H,21,22,24)/t15-/m1/s1. The molecule has 1 atom stereocenters. The minimum Gasteiger partial charge on any atom is -0.299 e. The van der Waals surface area contributed by atoms with Crippen LogP contribution < -0.4 is 5.32 Å². The van der Waals surface area contributed by atoms with E-state index in [1.54, 1.807) is 24.3 Å². The van der Waals surface area contributed by atoms with Crippen LogP contribution in [-0.4, -0.2) is 38.9 Å². The summed E-state index contributed by atoms with van der Waals surface area (Å²) in [6, 6.07) is 14.8. The number of rotatable bonds is 5. The zero-order valence-corrected chi connectivity index (χ0v) is 14.8. The molecule has 3 amide bonds. The molecule has 0 saturated carbocycles. The predicted molar refractivity (Wildman–Crippen MR) is 99.4 cm³/mol. The van der Waals surface area contributed by atoms with Crippen LogP contribution in [0.15, 0.2) is 60.1 Å². The van der Waals surface area contributed by atoms with Crippen LogP contribution in [0, 0.1) is 0 Å². The normalized spacial score (nSPS) is 14.1. The second-order valence-corrected chi connectivity index (χ2v) is 6.80. The minimum absolute atomic E-state index is 0.205. The number of hydrogen-bond acceptors (Lipinski definition) is 6. The molecule has 0 aliphatic carbocycles. The lowest BCUT2D eigenvalue weighted by atomic mass is 10.0. The van der Waals surface area contributed by atoms with Crippen LogP contribution in [0.2, 0.25) is 0 Å². The Morgan fingerprint density at radius 3 is 2.22 bits per heavy atom. The largest absolute Gasteiger partial charge is 0.299 e. The van der Waals surface area contributed by atoms with Crippen molar-refractivity contribution in [1.82, 2.24) is 15.1 Å². The van der Waals surface area contributed by atoms with E-state index < -0.39 is 23.8 Å². The van der Waals surface area contributed by atoms with E-state index >= 15 is 0 Å². The quantitative estimate of drug-likeness (QED) is 0.688. The average Bonchev–Trinajstić information content (AvgIpc) is 3.28. The first-order chi connectivity index (χ1) is 13.1. The van der Waals surface area contributed by atoms with Gasteiger partial charge in [0.2, 0.25) is 11.0 Å². The summed E-state index contributed by atoms with van der Waals surface area (Å²) < 4.78 is 0. The molecule has 0 radical (unpaired) electrons. The summed E-state index contributed by atoms with van der Waals surface area (Å²) in [5.74, 6) is -1.42. The molecule has 0 saturated heterocycles. The molecule has 1 aliphatic rings. The Morgan fingerprint density at radius 1 is 1.00 bits per heavy atom. The van der Waals surface area contributed by atoms with Crippen molar-refractivity contribution in [2.45, 2.75) is 12.5 Å². The molecule has 1 aliphatic heterocycles. The molecule has 134 valence electrons. The number of imide groups is 1. The maximum absolute atomic E-state index is 12.9. The van der Waals surface area contributed by atoms with Crippen LogP contribution in [0.3, 0.4) is 0 Å². The van der Waals surface area contributed by atoms with E-state index in [1.165, 1.54) is 5.51 Å². The van der Waals surface area contributed by atoms with Gasteiger partial charge < -0.3 is 0 Å². The molecule has 7 nitrogen and oxygen atoms in total. The predicted octanol–water partition coefficient (Wildman–Crippen LogP) is 2.38. The Bertz CT molecular complexity index is 970. The fourth-order valence-corrected chi connectivity index (χ4v) is 3.49. The number of benzene rings is 2. The molecule has 27 heavy (non-hydrogen) atoms. The third-order valence-electron chi connectivity index (χ3n) is 4.30. The molecule has 0 spiro atoms. The van der Waals surface area contributed by atoms with E-state index in [0.717, 1.165) is 21.8 Å². The fourth-order valence-electron chi connectivity index (χ4n) is 3.05. The topological polar surface area (TPSA) is 92.3 Å². The van der Waals surface area contributed by atoms with Gasteiger partial charge in [0.1, 0.15) is 11.6 Å². The molecule has 2 heterocycles. The Labute approximate surface area is 158 Å². The molecule has 1 aromatic heterocycles. The van der Waals surface area contributed by atoms with Gasteiger partial charge in [-0.3, -0.25) is 24.6 Å². The summed E-state index contributed by atoms with van der Waals surface area (Å²) >= 11 is 1.16. The van der Waals surface area contributed by atoms with Gasteiger partial charge in [0, 0.05) is 6.42 Å². The number of anilines is 1. The first-order valence-electron chi connectivity index (χ1n) is 8.23. The molecule has 4 rings (SSSR count). The zero-order valence-electron chi connectivity index (χ0n) is 14.0. The number of aromatic nitrogens is 2. The van der Waals surface area contributed by atoms with Gasteiger partial charge in [-0.05, 0) is 17.7 Å². The number of fused-ring (bicyclic) bond motifs is 1. The molecule has 0 bridgehead atoms. The van der Waals surface area contributed by atoms with Crippen LogP contribution in [0.25, 0.3) is 0 Å². The molecular weight excluding hydrogens is 364 g/mol. The maximum atomic E-state index is 12.9. The van der Waals surface area contributed by atoms with Gasteiger partial charge in [-0.25, -0.2) is 0 Å². The highest BCUT2D eigenvalue weighted by Gasteiger charge is 2.42. The number of amides is 3. The molecule has 3 aromatic rings. The second-order valence-electron chi connectivity index (χ2n) is 5.96. The summed E-state index contributed by atoms with van der Waals surface area (Å²) in [5.41, 5.74) is 2.95. The highest BCUT2D eigenvalue weighted by molar-refractivity contribution is 7.13. The molecule has 2 aromatic carbocycles. The fraction of sp³-hybridized carbons (Fsp3) is 0.105. The number of carbonyl (C=O) groups is 3. The van der Waals surface area contributed by atoms with Crippen LogP contribution in [0.5, 0.6) is 0 Å². The van der Waals surface area contributed by atoms with Crippen LogP contribution in [0.4, 0.5) is 5.13 Å². The van der Waals surface area contributed by atoms with Crippen LogP contribution >= 0.6 is 11.3 Å². The van der Waals surface area contributed by atoms with Gasteiger partial charge in [-0.1, -0.05) is 53.8 Å². The summed E-state index contributed by atoms with van der Waals surface area (Å²) in [6.45, 7) is 0. The minimum atomic E-state index is -0.997. The zero-order chi connectivity index (χ0) is 18.8. The van der Waals surface area contributed by atoms with Crippen molar-refractivity contribution in [3.63, 3.8) is 0 Å². The SMILES string of the molecule is O=C(Nc1nncs1)[C@@H](Cc1ccccc1)N1C(=O)c2ccccc2C1=O. The smallest absolute Gasteiger partial charge is 0.262 e. The van der Waals surface area contributed by atoms with E-state index in [4.69, 9.17) is 0 Å². The van der Waals surface area contributed by atoms with Gasteiger partial charge in [0.15, 0.2) is 0 Å². The van der Waals surface area contributed by atoms with Crippen molar-refractivity contribution in [3.05, 3.63) is 76.8 Å². The molecule has 0 fully saturated rings. The van der Waals surface area contributed by atoms with Gasteiger partial charge in [-0.2, -0.15) is 0 Å². The summed E-state index contributed by atoms with van der Waals surface area (Å²) in [5, 5.41) is 10.4. The Balaban J connectivity index is 1.68. The summed E-state index contributed by atoms with van der Waals surface area (Å²) in [7, 11) is 0. The van der Waals surface area contributed by atoms with Crippen molar-refractivity contribution < 1.29 is 14.4 Å². The molecular formula is C19H14N4O3S. The lowest BCUT2D eigenvalue weighted by Crippen LogP contribution is -2.48. The maximum Gasteiger partial charge on any atom is 0.262 e. The monoisotopic (exact) mass is 378 g/mol. The highest BCUT2D eigenvalue weighted by atomic mass is 32.1. The first-order valence-corrected chi connectivity index (χ1v) is 9.11.